The summed E-state index contributed by atoms with van der Waals surface area (Å²) in [5.74, 6) is -0.192. The van der Waals surface area contributed by atoms with Crippen LogP contribution in [0.25, 0.3) is 10.9 Å². The Bertz CT molecular complexity index is 1720. The van der Waals surface area contributed by atoms with E-state index in [0.29, 0.717) is 33.4 Å². The Balaban J connectivity index is 1.37. The zero-order chi connectivity index (χ0) is 29.6. The van der Waals surface area contributed by atoms with Crippen molar-refractivity contribution < 1.29 is 9.90 Å². The van der Waals surface area contributed by atoms with Crippen LogP contribution in [0.5, 0.6) is 5.88 Å². The fourth-order valence-corrected chi connectivity index (χ4v) is 5.88. The smallest absolute Gasteiger partial charge is 0.251 e. The van der Waals surface area contributed by atoms with Gasteiger partial charge in [-0.05, 0) is 85.9 Å². The average Bonchev–Trinajstić information content (AvgIpc) is 3.38. The lowest BCUT2D eigenvalue weighted by molar-refractivity contribution is 0.0935. The van der Waals surface area contributed by atoms with E-state index < -0.39 is 0 Å². The van der Waals surface area contributed by atoms with Crippen molar-refractivity contribution in [3.05, 3.63) is 125 Å². The van der Waals surface area contributed by atoms with Gasteiger partial charge < -0.3 is 15.4 Å². The number of amides is 1. The van der Waals surface area contributed by atoms with Gasteiger partial charge in [-0.15, -0.1) is 0 Å². The molecular weight excluding hydrogens is 534 g/mol. The first kappa shape index (κ1) is 28.4. The summed E-state index contributed by atoms with van der Waals surface area (Å²) < 4.78 is 0. The molecule has 1 atom stereocenters. The third kappa shape index (κ3) is 6.52. The maximum atomic E-state index is 13.5. The van der Waals surface area contributed by atoms with Crippen molar-refractivity contribution in [3.63, 3.8) is 0 Å². The molecule has 0 spiro atoms. The number of nitrogens with zero attached hydrogens (tertiary/aromatic N) is 3. The number of benzene rings is 3. The topological polar surface area (TPSA) is 93.6 Å². The highest BCUT2D eigenvalue weighted by Crippen LogP contribution is 2.32. The normalized spacial score (nSPS) is 15.0. The van der Waals surface area contributed by atoms with Gasteiger partial charge in [0.15, 0.2) is 5.88 Å². The van der Waals surface area contributed by atoms with Gasteiger partial charge >= 0.3 is 0 Å². The number of hydrogen-bond acceptors (Lipinski definition) is 5. The van der Waals surface area contributed by atoms with Crippen LogP contribution < -0.4 is 5.32 Å². The number of rotatable bonds is 9. The molecule has 5 aromatic rings. The minimum atomic E-state index is -0.175. The molecule has 0 aliphatic carbocycles. The molecule has 1 saturated heterocycles. The maximum absolute atomic E-state index is 13.5. The van der Waals surface area contributed by atoms with Crippen molar-refractivity contribution in [1.29, 1.82) is 0 Å². The summed E-state index contributed by atoms with van der Waals surface area (Å²) in [6.07, 6.45) is 6.27. The van der Waals surface area contributed by atoms with E-state index in [9.17, 15) is 9.90 Å². The number of nitrogens with one attached hydrogen (secondary N) is 2. The van der Waals surface area contributed by atoms with Crippen molar-refractivity contribution in [2.45, 2.75) is 45.2 Å². The Morgan fingerprint density at radius 3 is 2.56 bits per heavy atom. The third-order valence-electron chi connectivity index (χ3n) is 8.11. The molecule has 1 fully saturated rings. The molecule has 2 aromatic heterocycles. The van der Waals surface area contributed by atoms with Gasteiger partial charge in [0.1, 0.15) is 5.71 Å². The third-order valence-corrected chi connectivity index (χ3v) is 8.11. The number of carbonyl (C=O) groups excluding carboxylic acids is 1. The molecule has 7 heteroatoms. The highest BCUT2D eigenvalue weighted by molar-refractivity contribution is 6.21. The molecule has 0 unspecified atom stereocenters. The fourth-order valence-electron chi connectivity index (χ4n) is 5.88. The number of aromatic nitrogens is 2. The van der Waals surface area contributed by atoms with Crippen molar-refractivity contribution >= 4 is 28.2 Å². The Labute approximate surface area is 252 Å². The van der Waals surface area contributed by atoms with Crippen LogP contribution in [0.4, 0.5) is 5.69 Å². The Kier molecular flexibility index (Phi) is 8.61. The van der Waals surface area contributed by atoms with Gasteiger partial charge in [0.2, 0.25) is 0 Å². The van der Waals surface area contributed by atoms with Crippen LogP contribution in [-0.4, -0.2) is 44.7 Å². The molecule has 3 aromatic carbocycles. The largest absolute Gasteiger partial charge is 0.494 e. The highest BCUT2D eigenvalue weighted by Gasteiger charge is 2.22. The van der Waals surface area contributed by atoms with Gasteiger partial charge in [0.05, 0.1) is 23.0 Å². The second-order valence-corrected chi connectivity index (χ2v) is 11.1. The lowest BCUT2D eigenvalue weighted by Gasteiger charge is -2.26. The van der Waals surface area contributed by atoms with Crippen LogP contribution in [-0.2, 0) is 6.54 Å². The van der Waals surface area contributed by atoms with Gasteiger partial charge in [-0.25, -0.2) is 4.99 Å². The van der Waals surface area contributed by atoms with Crippen molar-refractivity contribution in [2.75, 3.05) is 13.1 Å². The first-order valence-corrected chi connectivity index (χ1v) is 15.1. The van der Waals surface area contributed by atoms with Gasteiger partial charge in [0, 0.05) is 29.2 Å². The molecular formula is C36H37N5O2. The summed E-state index contributed by atoms with van der Waals surface area (Å²) in [5, 5.41) is 15.1. The molecule has 218 valence electrons. The Hall–Kier alpha value is -4.75. The summed E-state index contributed by atoms with van der Waals surface area (Å²) in [6, 6.07) is 29.2. The number of H-pyrrole nitrogens is 1. The predicted octanol–water partition coefficient (Wildman–Crippen LogP) is 7.30. The Morgan fingerprint density at radius 1 is 0.977 bits per heavy atom. The second kappa shape index (κ2) is 13.0. The van der Waals surface area contributed by atoms with E-state index in [-0.39, 0.29) is 17.8 Å². The number of aliphatic imine (C=N–C) groups is 1. The van der Waals surface area contributed by atoms with Gasteiger partial charge in [-0.2, -0.15) is 0 Å². The van der Waals surface area contributed by atoms with E-state index in [2.05, 4.69) is 39.2 Å². The van der Waals surface area contributed by atoms with Crippen LogP contribution in [0.3, 0.4) is 0 Å². The van der Waals surface area contributed by atoms with Crippen LogP contribution in [0.15, 0.2) is 102 Å². The maximum Gasteiger partial charge on any atom is 0.251 e. The van der Waals surface area contributed by atoms with Crippen LogP contribution in [0, 0.1) is 0 Å². The molecule has 1 aliphatic heterocycles. The number of carbonyl (C=O) groups is 1. The molecule has 6 rings (SSSR count). The highest BCUT2D eigenvalue weighted by atomic mass is 16.3. The number of pyridine rings is 1. The van der Waals surface area contributed by atoms with Crippen LogP contribution in [0.2, 0.25) is 0 Å². The molecule has 3 heterocycles. The monoisotopic (exact) mass is 571 g/mol. The predicted molar refractivity (Wildman–Crippen MR) is 172 cm³/mol. The quantitative estimate of drug-likeness (QED) is 0.162. The summed E-state index contributed by atoms with van der Waals surface area (Å²) in [4.78, 5) is 28.7. The summed E-state index contributed by atoms with van der Waals surface area (Å²) in [5.41, 5.74) is 5.94. The van der Waals surface area contributed by atoms with Crippen molar-refractivity contribution in [2.24, 2.45) is 4.99 Å². The second-order valence-electron chi connectivity index (χ2n) is 11.1. The molecule has 3 N–H and O–H groups in total. The summed E-state index contributed by atoms with van der Waals surface area (Å²) in [6.45, 7) is 5.19. The Morgan fingerprint density at radius 2 is 1.79 bits per heavy atom. The minimum Gasteiger partial charge on any atom is -0.494 e. The minimum absolute atomic E-state index is 0.0165. The summed E-state index contributed by atoms with van der Waals surface area (Å²) >= 11 is 0. The number of piperidine rings is 1. The molecule has 1 amide bonds. The van der Waals surface area contributed by atoms with E-state index in [1.54, 1.807) is 12.3 Å². The number of aromatic hydroxyl groups is 1. The zero-order valence-electron chi connectivity index (χ0n) is 24.5. The molecule has 1 aliphatic rings. The fraction of sp³-hybridized carbons (Fsp3) is 0.250. The molecule has 7 nitrogen and oxygen atoms in total. The standard InChI is InChI=1S/C36H37N5O2/c1-2-30(26-13-5-3-6-14-26)39-35(42)27-17-18-31-29(23-27)33(36(43)40-31)34(32-16-7-8-19-37-32)38-28-15-11-12-25(22-28)24-41-20-9-4-10-21-41/h3,5-8,11-19,22-23,30,40,43H,2,4,9-10,20-21,24H2,1H3,(H,39,42)/t30-/m1/s1. The summed E-state index contributed by atoms with van der Waals surface area (Å²) in [7, 11) is 0. The van der Waals surface area contributed by atoms with E-state index >= 15 is 0 Å². The number of aromatic amines is 1. The number of hydrogen-bond donors (Lipinski definition) is 3. The number of likely N-dealkylation sites (tertiary alicyclic amines) is 1. The van der Waals surface area contributed by atoms with Gasteiger partial charge in [0.25, 0.3) is 5.91 Å². The first-order valence-electron chi connectivity index (χ1n) is 15.1. The van der Waals surface area contributed by atoms with Crippen LogP contribution in [0.1, 0.15) is 71.4 Å². The molecule has 0 radical (unpaired) electrons. The van der Waals surface area contributed by atoms with E-state index in [1.807, 2.05) is 72.8 Å². The SMILES string of the molecule is CC[C@@H](NC(=O)c1ccc2[nH]c(O)c(C(=Nc3cccc(CN4CCCCC4)c3)c3ccccn3)c2c1)c1ccccc1. The zero-order valence-corrected chi connectivity index (χ0v) is 24.5. The van der Waals surface area contributed by atoms with Crippen molar-refractivity contribution in [1.82, 2.24) is 20.2 Å². The van der Waals surface area contributed by atoms with Crippen molar-refractivity contribution in [3.8, 4) is 5.88 Å². The lowest BCUT2D eigenvalue weighted by atomic mass is 10.0. The van der Waals surface area contributed by atoms with E-state index in [4.69, 9.17) is 4.99 Å². The van der Waals surface area contributed by atoms with Crippen LogP contribution >= 0.6 is 0 Å². The molecule has 0 bridgehead atoms. The van der Waals surface area contributed by atoms with Gasteiger partial charge in [-0.3, -0.25) is 14.7 Å². The lowest BCUT2D eigenvalue weighted by Crippen LogP contribution is -2.28. The van der Waals surface area contributed by atoms with Gasteiger partial charge in [-0.1, -0.05) is 61.9 Å². The first-order chi connectivity index (χ1) is 21.1. The van der Waals surface area contributed by atoms with E-state index in [1.165, 1.54) is 24.8 Å². The molecule has 43 heavy (non-hydrogen) atoms. The number of fused-ring (bicyclic) bond motifs is 1. The average molecular weight is 572 g/mol. The molecule has 0 saturated carbocycles. The van der Waals surface area contributed by atoms with E-state index in [0.717, 1.165) is 37.3 Å².